The van der Waals surface area contributed by atoms with E-state index in [4.69, 9.17) is 16.3 Å². The molecule has 0 radical (unpaired) electrons. The first-order chi connectivity index (χ1) is 9.90. The van der Waals surface area contributed by atoms with Crippen molar-refractivity contribution in [3.8, 4) is 17.3 Å². The highest BCUT2D eigenvalue weighted by molar-refractivity contribution is 6.31. The van der Waals surface area contributed by atoms with Crippen LogP contribution in [0.5, 0.6) is 11.6 Å². The standard InChI is InChI=1S/C14H15ClN2O4/c1-4-8-12(18)16-14(20)17(13(8)19)10-5-7(2)9(15)6-11(10)21-3/h5-6,19H,4H2,1-3H3,(H,16,18,20). The average Bonchev–Trinajstić information content (AvgIpc) is 2.42. The molecule has 0 aliphatic heterocycles. The molecule has 0 atom stereocenters. The predicted molar refractivity (Wildman–Crippen MR) is 80.0 cm³/mol. The molecule has 0 saturated heterocycles. The molecule has 0 amide bonds. The fourth-order valence-electron chi connectivity index (χ4n) is 2.09. The molecule has 112 valence electrons. The number of ether oxygens (including phenoxy) is 1. The number of methoxy groups -OCH3 is 1. The Morgan fingerprint density at radius 3 is 2.62 bits per heavy atom. The molecule has 0 bridgehead atoms. The summed E-state index contributed by atoms with van der Waals surface area (Å²) in [6, 6.07) is 3.16. The maximum absolute atomic E-state index is 12.1. The molecule has 2 rings (SSSR count). The molecule has 1 aromatic carbocycles. The molecule has 0 aliphatic carbocycles. The number of hydrogen-bond acceptors (Lipinski definition) is 4. The number of nitrogens with one attached hydrogen (secondary N) is 1. The highest BCUT2D eigenvalue weighted by Gasteiger charge is 2.18. The number of aromatic amines is 1. The molecular weight excluding hydrogens is 296 g/mol. The lowest BCUT2D eigenvalue weighted by Crippen LogP contribution is -2.31. The van der Waals surface area contributed by atoms with Gasteiger partial charge in [-0.3, -0.25) is 9.78 Å². The third kappa shape index (κ3) is 2.54. The predicted octanol–water partition coefficient (Wildman–Crippen LogP) is 1.76. The zero-order valence-corrected chi connectivity index (χ0v) is 12.6. The maximum Gasteiger partial charge on any atom is 0.335 e. The first-order valence-electron chi connectivity index (χ1n) is 6.32. The Balaban J connectivity index is 2.88. The van der Waals surface area contributed by atoms with Crippen molar-refractivity contribution in [3.63, 3.8) is 0 Å². The first-order valence-corrected chi connectivity index (χ1v) is 6.70. The van der Waals surface area contributed by atoms with Gasteiger partial charge in [0.1, 0.15) is 5.75 Å². The largest absolute Gasteiger partial charge is 0.494 e. The van der Waals surface area contributed by atoms with E-state index < -0.39 is 17.1 Å². The third-order valence-corrected chi connectivity index (χ3v) is 3.64. The Hall–Kier alpha value is -2.21. The number of rotatable bonds is 3. The second-order valence-corrected chi connectivity index (χ2v) is 4.93. The van der Waals surface area contributed by atoms with Gasteiger partial charge in [-0.2, -0.15) is 0 Å². The molecule has 6 nitrogen and oxygen atoms in total. The second-order valence-electron chi connectivity index (χ2n) is 4.52. The zero-order chi connectivity index (χ0) is 15.7. The number of halogens is 1. The fraction of sp³-hybridized carbons (Fsp3) is 0.286. The van der Waals surface area contributed by atoms with Crippen LogP contribution in [0, 0.1) is 6.92 Å². The van der Waals surface area contributed by atoms with Crippen LogP contribution in [0.3, 0.4) is 0 Å². The highest BCUT2D eigenvalue weighted by Crippen LogP contribution is 2.31. The number of aromatic nitrogens is 2. The van der Waals surface area contributed by atoms with Crippen LogP contribution in [-0.4, -0.2) is 21.8 Å². The minimum atomic E-state index is -0.741. The van der Waals surface area contributed by atoms with Gasteiger partial charge in [0.2, 0.25) is 5.88 Å². The number of H-pyrrole nitrogens is 1. The van der Waals surface area contributed by atoms with Crippen LogP contribution in [-0.2, 0) is 6.42 Å². The van der Waals surface area contributed by atoms with Gasteiger partial charge < -0.3 is 9.84 Å². The van der Waals surface area contributed by atoms with Crippen molar-refractivity contribution in [2.24, 2.45) is 0 Å². The van der Waals surface area contributed by atoms with Gasteiger partial charge in [0.25, 0.3) is 5.56 Å². The summed E-state index contributed by atoms with van der Waals surface area (Å²) >= 11 is 6.03. The number of hydrogen-bond donors (Lipinski definition) is 2. The lowest BCUT2D eigenvalue weighted by Gasteiger charge is -2.15. The van der Waals surface area contributed by atoms with Crippen LogP contribution in [0.25, 0.3) is 5.69 Å². The van der Waals surface area contributed by atoms with E-state index in [1.165, 1.54) is 7.11 Å². The molecule has 1 heterocycles. The highest BCUT2D eigenvalue weighted by atomic mass is 35.5. The molecule has 0 fully saturated rings. The lowest BCUT2D eigenvalue weighted by molar-refractivity contribution is 0.399. The van der Waals surface area contributed by atoms with Gasteiger partial charge in [-0.1, -0.05) is 18.5 Å². The van der Waals surface area contributed by atoms with Gasteiger partial charge in [-0.25, -0.2) is 9.36 Å². The molecule has 0 aliphatic rings. The minimum Gasteiger partial charge on any atom is -0.494 e. The Kier molecular flexibility index (Phi) is 4.09. The number of aryl methyl sites for hydroxylation is 1. The molecular formula is C14H15ClN2O4. The van der Waals surface area contributed by atoms with E-state index >= 15 is 0 Å². The van der Waals surface area contributed by atoms with E-state index in [0.29, 0.717) is 22.0 Å². The minimum absolute atomic E-state index is 0.129. The van der Waals surface area contributed by atoms with Gasteiger partial charge in [0, 0.05) is 11.1 Å². The third-order valence-electron chi connectivity index (χ3n) is 3.23. The summed E-state index contributed by atoms with van der Waals surface area (Å²) in [7, 11) is 1.43. The van der Waals surface area contributed by atoms with Gasteiger partial charge in [-0.15, -0.1) is 0 Å². The Morgan fingerprint density at radius 2 is 2.05 bits per heavy atom. The van der Waals surface area contributed by atoms with Crippen LogP contribution in [0.15, 0.2) is 21.7 Å². The van der Waals surface area contributed by atoms with Crippen molar-refractivity contribution in [2.45, 2.75) is 20.3 Å². The van der Waals surface area contributed by atoms with E-state index in [0.717, 1.165) is 4.57 Å². The van der Waals surface area contributed by atoms with E-state index in [9.17, 15) is 14.7 Å². The van der Waals surface area contributed by atoms with Crippen molar-refractivity contribution in [2.75, 3.05) is 7.11 Å². The van der Waals surface area contributed by atoms with Gasteiger partial charge in [0.15, 0.2) is 0 Å². The normalized spacial score (nSPS) is 10.7. The van der Waals surface area contributed by atoms with Crippen LogP contribution in [0.4, 0.5) is 0 Å². The SMILES string of the molecule is CCc1c(O)n(-c2cc(C)c(Cl)cc2OC)c(=O)[nH]c1=O. The lowest BCUT2D eigenvalue weighted by atomic mass is 10.2. The van der Waals surface area contributed by atoms with Gasteiger partial charge in [0.05, 0.1) is 18.4 Å². The Bertz CT molecular complexity index is 808. The fourth-order valence-corrected chi connectivity index (χ4v) is 2.24. The van der Waals surface area contributed by atoms with Crippen LogP contribution in [0.2, 0.25) is 5.02 Å². The Labute approximate surface area is 125 Å². The second kappa shape index (κ2) is 5.65. The summed E-state index contributed by atoms with van der Waals surface area (Å²) in [5.41, 5.74) is -0.184. The van der Waals surface area contributed by atoms with E-state index in [1.807, 2.05) is 0 Å². The number of aromatic hydroxyl groups is 1. The van der Waals surface area contributed by atoms with Crippen LogP contribution >= 0.6 is 11.6 Å². The quantitative estimate of drug-likeness (QED) is 0.905. The molecule has 7 heteroatoms. The Morgan fingerprint density at radius 1 is 1.38 bits per heavy atom. The number of nitrogens with zero attached hydrogens (tertiary/aromatic N) is 1. The average molecular weight is 311 g/mol. The monoisotopic (exact) mass is 310 g/mol. The molecule has 0 saturated carbocycles. The topological polar surface area (TPSA) is 84.3 Å². The molecule has 2 aromatic rings. The van der Waals surface area contributed by atoms with Crippen molar-refractivity contribution in [1.82, 2.24) is 9.55 Å². The molecule has 0 spiro atoms. The van der Waals surface area contributed by atoms with E-state index in [1.54, 1.807) is 26.0 Å². The first kappa shape index (κ1) is 15.2. The summed E-state index contributed by atoms with van der Waals surface area (Å²) in [4.78, 5) is 25.9. The van der Waals surface area contributed by atoms with Crippen molar-refractivity contribution in [1.29, 1.82) is 0 Å². The van der Waals surface area contributed by atoms with E-state index in [2.05, 4.69) is 4.98 Å². The summed E-state index contributed by atoms with van der Waals surface area (Å²) in [5.74, 6) is -0.0802. The molecule has 2 N–H and O–H groups in total. The van der Waals surface area contributed by atoms with Crippen molar-refractivity contribution < 1.29 is 9.84 Å². The molecule has 0 unspecified atom stereocenters. The van der Waals surface area contributed by atoms with Crippen LogP contribution in [0.1, 0.15) is 18.1 Å². The smallest absolute Gasteiger partial charge is 0.335 e. The van der Waals surface area contributed by atoms with E-state index in [-0.39, 0.29) is 12.0 Å². The van der Waals surface area contributed by atoms with Gasteiger partial charge in [-0.05, 0) is 25.0 Å². The summed E-state index contributed by atoms with van der Waals surface area (Å²) in [5, 5.41) is 10.7. The van der Waals surface area contributed by atoms with Crippen molar-refractivity contribution in [3.05, 3.63) is 49.1 Å². The molecule has 1 aromatic heterocycles. The summed E-state index contributed by atoms with van der Waals surface area (Å²) in [6.45, 7) is 3.48. The van der Waals surface area contributed by atoms with Gasteiger partial charge >= 0.3 is 5.69 Å². The summed E-state index contributed by atoms with van der Waals surface area (Å²) in [6.07, 6.45) is 0.288. The van der Waals surface area contributed by atoms with Crippen molar-refractivity contribution >= 4 is 11.6 Å². The zero-order valence-electron chi connectivity index (χ0n) is 11.9. The number of benzene rings is 1. The molecule has 21 heavy (non-hydrogen) atoms. The maximum atomic E-state index is 12.1. The van der Waals surface area contributed by atoms with Crippen LogP contribution < -0.4 is 16.0 Å². The summed E-state index contributed by atoms with van der Waals surface area (Å²) < 4.78 is 6.20.